The van der Waals surface area contributed by atoms with Crippen LogP contribution in [0.2, 0.25) is 0 Å². The van der Waals surface area contributed by atoms with Crippen LogP contribution in [0.5, 0.6) is 0 Å². The highest BCUT2D eigenvalue weighted by molar-refractivity contribution is 5.67. The molecule has 0 bridgehead atoms. The van der Waals surface area contributed by atoms with Crippen molar-refractivity contribution in [1.29, 1.82) is 0 Å². The molecule has 92 valence electrons. The van der Waals surface area contributed by atoms with E-state index in [2.05, 4.69) is 11.6 Å². The van der Waals surface area contributed by atoms with Crippen LogP contribution >= 0.6 is 0 Å². The van der Waals surface area contributed by atoms with Crippen LogP contribution in [0, 0.1) is 0 Å². The Hall–Kier alpha value is -1.52. The van der Waals surface area contributed by atoms with Gasteiger partial charge in [0.1, 0.15) is 5.82 Å². The van der Waals surface area contributed by atoms with E-state index in [0.717, 1.165) is 6.07 Å². The molecule has 1 aromatic rings. The summed E-state index contributed by atoms with van der Waals surface area (Å²) in [6.07, 6.45) is -3.18. The van der Waals surface area contributed by atoms with Gasteiger partial charge in [-0.2, -0.15) is 13.2 Å². The maximum atomic E-state index is 13.0. The molecule has 0 saturated carbocycles. The van der Waals surface area contributed by atoms with Crippen molar-refractivity contribution in [3.63, 3.8) is 0 Å². The molecule has 2 nitrogen and oxygen atoms in total. The summed E-state index contributed by atoms with van der Waals surface area (Å²) < 4.78 is 38.9. The summed E-state index contributed by atoms with van der Waals surface area (Å²) in [5.74, 6) is 0.342. The van der Waals surface area contributed by atoms with E-state index in [1.165, 1.54) is 6.20 Å². The molecule has 17 heavy (non-hydrogen) atoms. The predicted octanol–water partition coefficient (Wildman–Crippen LogP) is 3.34. The fraction of sp³-hybridized carbons (Fsp3) is 0.417. The van der Waals surface area contributed by atoms with Gasteiger partial charge in [-0.05, 0) is 6.07 Å². The summed E-state index contributed by atoms with van der Waals surface area (Å²) in [7, 11) is 1.68. The summed E-state index contributed by atoms with van der Waals surface area (Å²) in [5, 5.41) is 0. The van der Waals surface area contributed by atoms with E-state index < -0.39 is 17.2 Å². The van der Waals surface area contributed by atoms with Gasteiger partial charge in [0.25, 0.3) is 0 Å². The molecule has 0 saturated heterocycles. The van der Waals surface area contributed by atoms with Crippen LogP contribution < -0.4 is 4.90 Å². The second kappa shape index (κ2) is 3.24. The van der Waals surface area contributed by atoms with E-state index in [1.807, 2.05) is 0 Å². The molecule has 5 heteroatoms. The Labute approximate surface area is 97.8 Å². The SMILES string of the molecule is C=C1N(C)c2nccc(C(F)(F)F)c2C1(C)C. The quantitative estimate of drug-likeness (QED) is 0.693. The minimum Gasteiger partial charge on any atom is -0.333 e. The average Bonchev–Trinajstić information content (AvgIpc) is 2.40. The molecule has 1 aliphatic rings. The normalized spacial score (nSPS) is 18.5. The van der Waals surface area contributed by atoms with E-state index in [4.69, 9.17) is 0 Å². The van der Waals surface area contributed by atoms with Crippen molar-refractivity contribution < 1.29 is 13.2 Å². The second-order valence-corrected chi connectivity index (χ2v) is 4.69. The molecule has 0 radical (unpaired) electrons. The van der Waals surface area contributed by atoms with Crippen LogP contribution in [0.1, 0.15) is 25.0 Å². The lowest BCUT2D eigenvalue weighted by atomic mass is 9.82. The van der Waals surface area contributed by atoms with Crippen LogP contribution in [0.4, 0.5) is 19.0 Å². The number of alkyl halides is 3. The molecule has 0 aromatic carbocycles. The van der Waals surface area contributed by atoms with Crippen LogP contribution in [0.3, 0.4) is 0 Å². The van der Waals surface area contributed by atoms with Crippen molar-refractivity contribution >= 4 is 5.82 Å². The van der Waals surface area contributed by atoms with Gasteiger partial charge in [-0.3, -0.25) is 0 Å². The molecule has 0 unspecified atom stereocenters. The molecule has 0 fully saturated rings. The van der Waals surface area contributed by atoms with Gasteiger partial charge in [-0.15, -0.1) is 0 Å². The van der Waals surface area contributed by atoms with Crippen LogP contribution in [-0.2, 0) is 11.6 Å². The lowest BCUT2D eigenvalue weighted by Crippen LogP contribution is -2.23. The topological polar surface area (TPSA) is 16.1 Å². The zero-order valence-electron chi connectivity index (χ0n) is 9.89. The van der Waals surface area contributed by atoms with Crippen molar-refractivity contribution in [1.82, 2.24) is 4.98 Å². The van der Waals surface area contributed by atoms with E-state index in [1.54, 1.807) is 25.8 Å². The number of hydrogen-bond donors (Lipinski definition) is 0. The van der Waals surface area contributed by atoms with Crippen molar-refractivity contribution in [3.8, 4) is 0 Å². The zero-order valence-corrected chi connectivity index (χ0v) is 9.89. The Morgan fingerprint density at radius 2 is 1.94 bits per heavy atom. The van der Waals surface area contributed by atoms with E-state index in [0.29, 0.717) is 11.5 Å². The van der Waals surface area contributed by atoms with Gasteiger partial charge in [0.05, 0.1) is 5.56 Å². The van der Waals surface area contributed by atoms with Gasteiger partial charge >= 0.3 is 6.18 Å². The number of hydrogen-bond acceptors (Lipinski definition) is 2. The first-order chi connectivity index (χ1) is 7.67. The Bertz CT molecular complexity index is 489. The standard InChI is InChI=1S/C12H13F3N2/c1-7-11(2,3)9-8(12(13,14)15)5-6-16-10(9)17(7)4/h5-6H,1H2,2-4H3. The van der Waals surface area contributed by atoms with E-state index in [9.17, 15) is 13.2 Å². The Kier molecular flexibility index (Phi) is 2.28. The molecule has 0 N–H and O–H groups in total. The van der Waals surface area contributed by atoms with Gasteiger partial charge in [0.15, 0.2) is 0 Å². The van der Waals surface area contributed by atoms with Crippen molar-refractivity contribution in [2.45, 2.75) is 25.4 Å². The summed E-state index contributed by atoms with van der Waals surface area (Å²) in [6.45, 7) is 7.31. The third-order valence-corrected chi connectivity index (χ3v) is 3.31. The third-order valence-electron chi connectivity index (χ3n) is 3.31. The summed E-state index contributed by atoms with van der Waals surface area (Å²) in [5.41, 5.74) is -0.543. The largest absolute Gasteiger partial charge is 0.416 e. The number of nitrogens with zero attached hydrogens (tertiary/aromatic N) is 2. The number of aromatic nitrogens is 1. The van der Waals surface area contributed by atoms with Crippen molar-refractivity contribution in [2.75, 3.05) is 11.9 Å². The average molecular weight is 242 g/mol. The predicted molar refractivity (Wildman–Crippen MR) is 59.8 cm³/mol. The molecule has 2 heterocycles. The first-order valence-electron chi connectivity index (χ1n) is 5.17. The fourth-order valence-corrected chi connectivity index (χ4v) is 2.25. The Morgan fingerprint density at radius 1 is 1.35 bits per heavy atom. The van der Waals surface area contributed by atoms with Crippen molar-refractivity contribution in [3.05, 3.63) is 35.7 Å². The molecule has 0 spiro atoms. The minimum absolute atomic E-state index is 0.208. The maximum Gasteiger partial charge on any atom is 0.416 e. The lowest BCUT2D eigenvalue weighted by Gasteiger charge is -2.23. The number of anilines is 1. The molecule has 1 aliphatic heterocycles. The summed E-state index contributed by atoms with van der Waals surface area (Å²) >= 11 is 0. The number of fused-ring (bicyclic) bond motifs is 1. The number of likely N-dealkylation sites (N-methyl/N-ethyl adjacent to an activating group) is 1. The minimum atomic E-state index is -4.37. The molecular formula is C12H13F3N2. The van der Waals surface area contributed by atoms with Gasteiger partial charge < -0.3 is 4.90 Å². The monoisotopic (exact) mass is 242 g/mol. The highest BCUT2D eigenvalue weighted by Crippen LogP contribution is 2.49. The van der Waals surface area contributed by atoms with Crippen LogP contribution in [0.25, 0.3) is 0 Å². The third kappa shape index (κ3) is 1.52. The maximum absolute atomic E-state index is 13.0. The molecule has 1 aromatic heterocycles. The Morgan fingerprint density at radius 3 is 2.47 bits per heavy atom. The molecular weight excluding hydrogens is 229 g/mol. The first kappa shape index (κ1) is 12.0. The second-order valence-electron chi connectivity index (χ2n) is 4.69. The molecule has 0 aliphatic carbocycles. The fourth-order valence-electron chi connectivity index (χ4n) is 2.25. The lowest BCUT2D eigenvalue weighted by molar-refractivity contribution is -0.138. The highest BCUT2D eigenvalue weighted by Gasteiger charge is 2.46. The zero-order chi connectivity index (χ0) is 13.0. The highest BCUT2D eigenvalue weighted by atomic mass is 19.4. The van der Waals surface area contributed by atoms with Crippen molar-refractivity contribution in [2.24, 2.45) is 0 Å². The van der Waals surface area contributed by atoms with Crippen LogP contribution in [0.15, 0.2) is 24.5 Å². The van der Waals surface area contributed by atoms with Gasteiger partial charge in [0, 0.05) is 29.9 Å². The number of halogens is 3. The summed E-state index contributed by atoms with van der Waals surface area (Å²) in [6, 6.07) is 1.02. The van der Waals surface area contributed by atoms with E-state index >= 15 is 0 Å². The number of rotatable bonds is 0. The molecule has 2 rings (SSSR count). The van der Waals surface area contributed by atoms with Crippen LogP contribution in [-0.4, -0.2) is 12.0 Å². The van der Waals surface area contributed by atoms with Gasteiger partial charge in [0.2, 0.25) is 0 Å². The van der Waals surface area contributed by atoms with Gasteiger partial charge in [-0.1, -0.05) is 20.4 Å². The molecule has 0 atom stereocenters. The van der Waals surface area contributed by atoms with E-state index in [-0.39, 0.29) is 5.56 Å². The number of allylic oxidation sites excluding steroid dienone is 1. The Balaban J connectivity index is 2.77. The molecule has 0 amide bonds. The number of pyridine rings is 1. The van der Waals surface area contributed by atoms with Gasteiger partial charge in [-0.25, -0.2) is 4.98 Å². The first-order valence-corrected chi connectivity index (χ1v) is 5.17. The summed E-state index contributed by atoms with van der Waals surface area (Å²) in [4.78, 5) is 5.64. The smallest absolute Gasteiger partial charge is 0.333 e.